The van der Waals surface area contributed by atoms with Gasteiger partial charge < -0.3 is 4.74 Å². The molecule has 0 saturated heterocycles. The van der Waals surface area contributed by atoms with Gasteiger partial charge in [0.2, 0.25) is 5.90 Å². The van der Waals surface area contributed by atoms with E-state index >= 15 is 0 Å². The maximum absolute atomic E-state index is 12.8. The molecule has 0 bridgehead atoms. The monoisotopic (exact) mass is 347 g/mol. The fourth-order valence-electron chi connectivity index (χ4n) is 2.95. The summed E-state index contributed by atoms with van der Waals surface area (Å²) in [5.41, 5.74) is 0.964. The zero-order valence-electron chi connectivity index (χ0n) is 14.0. The summed E-state index contributed by atoms with van der Waals surface area (Å²) in [7, 11) is 0. The van der Waals surface area contributed by atoms with Crippen molar-refractivity contribution in [2.75, 3.05) is 0 Å². The summed E-state index contributed by atoms with van der Waals surface area (Å²) in [5.74, 6) is 0.562. The molecule has 5 heteroatoms. The molecule has 0 saturated carbocycles. The minimum Gasteiger partial charge on any atom is -0.467 e. The van der Waals surface area contributed by atoms with Crippen molar-refractivity contribution < 1.29 is 17.9 Å². The number of alkyl halides is 3. The minimum atomic E-state index is -4.33. The molecular formula is C20H20F3NO. The quantitative estimate of drug-likeness (QED) is 0.671. The SMILES string of the molecule is CCCC[C@@H]1N=C(c2ccccc2)O[C@H]1c1ccc(C(F)(F)F)cc1. The van der Waals surface area contributed by atoms with Crippen LogP contribution in [0.4, 0.5) is 13.2 Å². The van der Waals surface area contributed by atoms with Crippen molar-refractivity contribution in [2.24, 2.45) is 4.99 Å². The van der Waals surface area contributed by atoms with E-state index < -0.39 is 11.7 Å². The Kier molecular flexibility index (Phi) is 5.11. The van der Waals surface area contributed by atoms with Crippen LogP contribution in [0, 0.1) is 0 Å². The van der Waals surface area contributed by atoms with Crippen LogP contribution < -0.4 is 0 Å². The number of aliphatic imine (C=N–C) groups is 1. The van der Waals surface area contributed by atoms with Gasteiger partial charge in [-0.1, -0.05) is 50.1 Å². The summed E-state index contributed by atoms with van der Waals surface area (Å²) < 4.78 is 44.3. The molecule has 2 atom stereocenters. The van der Waals surface area contributed by atoms with Gasteiger partial charge in [0, 0.05) is 5.56 Å². The summed E-state index contributed by atoms with van der Waals surface area (Å²) in [5, 5.41) is 0. The molecule has 132 valence electrons. The molecule has 1 aliphatic heterocycles. The Bertz CT molecular complexity index is 723. The number of hydrogen-bond acceptors (Lipinski definition) is 2. The molecule has 25 heavy (non-hydrogen) atoms. The average molecular weight is 347 g/mol. The first-order valence-corrected chi connectivity index (χ1v) is 8.46. The van der Waals surface area contributed by atoms with Crippen LogP contribution in [0.25, 0.3) is 0 Å². The van der Waals surface area contributed by atoms with Gasteiger partial charge in [0.15, 0.2) is 0 Å². The largest absolute Gasteiger partial charge is 0.467 e. The lowest BCUT2D eigenvalue weighted by Crippen LogP contribution is -2.15. The van der Waals surface area contributed by atoms with Crippen molar-refractivity contribution in [2.45, 2.75) is 44.5 Å². The molecule has 2 nitrogen and oxygen atoms in total. The van der Waals surface area contributed by atoms with Crippen molar-refractivity contribution in [1.29, 1.82) is 0 Å². The normalized spacial score (nSPS) is 20.2. The number of benzene rings is 2. The van der Waals surface area contributed by atoms with Gasteiger partial charge in [-0.25, -0.2) is 4.99 Å². The average Bonchev–Trinajstić information content (AvgIpc) is 3.04. The van der Waals surface area contributed by atoms with Crippen LogP contribution in [-0.2, 0) is 10.9 Å². The second kappa shape index (κ2) is 7.30. The van der Waals surface area contributed by atoms with E-state index in [4.69, 9.17) is 9.73 Å². The van der Waals surface area contributed by atoms with Crippen LogP contribution in [-0.4, -0.2) is 11.9 Å². The first-order valence-electron chi connectivity index (χ1n) is 8.46. The van der Waals surface area contributed by atoms with Gasteiger partial charge in [0.25, 0.3) is 0 Å². The van der Waals surface area contributed by atoms with E-state index in [9.17, 15) is 13.2 Å². The van der Waals surface area contributed by atoms with E-state index in [1.165, 1.54) is 12.1 Å². The molecule has 0 radical (unpaired) electrons. The minimum absolute atomic E-state index is 0.0770. The molecule has 0 unspecified atom stereocenters. The predicted octanol–water partition coefficient (Wildman–Crippen LogP) is 5.78. The molecule has 1 aliphatic rings. The molecule has 0 N–H and O–H groups in total. The Morgan fingerprint density at radius 2 is 1.68 bits per heavy atom. The van der Waals surface area contributed by atoms with E-state index in [-0.39, 0.29) is 12.1 Å². The Hall–Kier alpha value is -2.30. The third kappa shape index (κ3) is 4.03. The molecule has 2 aromatic rings. The fourth-order valence-corrected chi connectivity index (χ4v) is 2.95. The Labute approximate surface area is 145 Å². The van der Waals surface area contributed by atoms with E-state index in [0.29, 0.717) is 5.90 Å². The van der Waals surface area contributed by atoms with Crippen molar-refractivity contribution >= 4 is 5.90 Å². The summed E-state index contributed by atoms with van der Waals surface area (Å²) in [6.07, 6.45) is -1.80. The van der Waals surface area contributed by atoms with Crippen molar-refractivity contribution in [1.82, 2.24) is 0 Å². The van der Waals surface area contributed by atoms with Gasteiger partial charge in [-0.05, 0) is 36.2 Å². The highest BCUT2D eigenvalue weighted by atomic mass is 19.4. The second-order valence-corrected chi connectivity index (χ2v) is 6.17. The van der Waals surface area contributed by atoms with E-state index in [0.717, 1.165) is 42.5 Å². The molecule has 3 rings (SSSR count). The fraction of sp³-hybridized carbons (Fsp3) is 0.350. The maximum Gasteiger partial charge on any atom is 0.416 e. The molecule has 2 aromatic carbocycles. The smallest absolute Gasteiger partial charge is 0.416 e. The van der Waals surface area contributed by atoms with Gasteiger partial charge in [0.1, 0.15) is 6.10 Å². The maximum atomic E-state index is 12.8. The Morgan fingerprint density at radius 1 is 1.00 bits per heavy atom. The van der Waals surface area contributed by atoms with Gasteiger partial charge in [-0.15, -0.1) is 0 Å². The lowest BCUT2D eigenvalue weighted by atomic mass is 9.98. The number of rotatable bonds is 5. The van der Waals surface area contributed by atoms with Crippen LogP contribution in [0.15, 0.2) is 59.6 Å². The summed E-state index contributed by atoms with van der Waals surface area (Å²) in [4.78, 5) is 4.70. The summed E-state index contributed by atoms with van der Waals surface area (Å²) in [6.45, 7) is 2.10. The first-order chi connectivity index (χ1) is 12.0. The summed E-state index contributed by atoms with van der Waals surface area (Å²) >= 11 is 0. The second-order valence-electron chi connectivity index (χ2n) is 6.17. The van der Waals surface area contributed by atoms with Gasteiger partial charge in [0.05, 0.1) is 11.6 Å². The van der Waals surface area contributed by atoms with Crippen molar-refractivity contribution in [3.63, 3.8) is 0 Å². The summed E-state index contributed by atoms with van der Waals surface area (Å²) in [6, 6.07) is 14.7. The molecular weight excluding hydrogens is 327 g/mol. The highest BCUT2D eigenvalue weighted by Crippen LogP contribution is 2.36. The van der Waals surface area contributed by atoms with E-state index in [1.54, 1.807) is 0 Å². The molecule has 0 aromatic heterocycles. The number of hydrogen-bond donors (Lipinski definition) is 0. The third-order valence-electron chi connectivity index (χ3n) is 4.31. The van der Waals surface area contributed by atoms with Crippen molar-refractivity contribution in [3.8, 4) is 0 Å². The van der Waals surface area contributed by atoms with Crippen LogP contribution in [0.1, 0.15) is 49.0 Å². The number of halogens is 3. The number of ether oxygens (including phenoxy) is 1. The molecule has 0 fully saturated rings. The predicted molar refractivity (Wildman–Crippen MR) is 91.6 cm³/mol. The van der Waals surface area contributed by atoms with E-state index in [1.807, 2.05) is 30.3 Å². The lowest BCUT2D eigenvalue weighted by molar-refractivity contribution is -0.137. The number of unbranched alkanes of at least 4 members (excludes halogenated alkanes) is 1. The van der Waals surface area contributed by atoms with Crippen LogP contribution in [0.5, 0.6) is 0 Å². The molecule has 1 heterocycles. The van der Waals surface area contributed by atoms with Crippen LogP contribution in [0.3, 0.4) is 0 Å². The van der Waals surface area contributed by atoms with Crippen LogP contribution >= 0.6 is 0 Å². The molecule has 0 spiro atoms. The van der Waals surface area contributed by atoms with Gasteiger partial charge >= 0.3 is 6.18 Å². The standard InChI is InChI=1S/C20H20F3NO/c1-2-3-9-17-18(14-10-12-16(13-11-14)20(21,22)23)25-19(24-17)15-7-5-4-6-8-15/h4-8,10-13,17-18H,2-3,9H2,1H3/t17-,18-/m0/s1. The molecule has 0 aliphatic carbocycles. The Morgan fingerprint density at radius 3 is 2.28 bits per heavy atom. The van der Waals surface area contributed by atoms with Crippen LogP contribution in [0.2, 0.25) is 0 Å². The zero-order chi connectivity index (χ0) is 17.9. The Balaban J connectivity index is 1.84. The zero-order valence-corrected chi connectivity index (χ0v) is 14.0. The molecule has 0 amide bonds. The highest BCUT2D eigenvalue weighted by molar-refractivity contribution is 5.95. The van der Waals surface area contributed by atoms with Gasteiger partial charge in [-0.2, -0.15) is 13.2 Å². The first kappa shape index (κ1) is 17.5. The number of nitrogens with zero attached hydrogens (tertiary/aromatic N) is 1. The highest BCUT2D eigenvalue weighted by Gasteiger charge is 2.34. The van der Waals surface area contributed by atoms with Crippen molar-refractivity contribution in [3.05, 3.63) is 71.3 Å². The van der Waals surface area contributed by atoms with E-state index in [2.05, 4.69) is 6.92 Å². The third-order valence-corrected chi connectivity index (χ3v) is 4.31. The van der Waals surface area contributed by atoms with Gasteiger partial charge in [-0.3, -0.25) is 0 Å². The lowest BCUT2D eigenvalue weighted by Gasteiger charge is -2.18. The topological polar surface area (TPSA) is 21.6 Å².